The quantitative estimate of drug-likeness (QED) is 0.715. The standard InChI is InChI=1S/C12H21N3/c1-11-6-4-7-12(14-11)10-15(3)9-5-8-13-2/h4,6-7,13H,5,8-10H2,1-3H3. The Balaban J connectivity index is 2.34. The second kappa shape index (κ2) is 6.53. The Morgan fingerprint density at radius 2 is 2.20 bits per heavy atom. The van der Waals surface area contributed by atoms with E-state index >= 15 is 0 Å². The average molecular weight is 207 g/mol. The van der Waals surface area contributed by atoms with Crippen LogP contribution in [0.3, 0.4) is 0 Å². The zero-order chi connectivity index (χ0) is 11.1. The van der Waals surface area contributed by atoms with E-state index < -0.39 is 0 Å². The maximum Gasteiger partial charge on any atom is 0.0547 e. The lowest BCUT2D eigenvalue weighted by molar-refractivity contribution is 0.317. The Bertz CT molecular complexity index is 286. The fraction of sp³-hybridized carbons (Fsp3) is 0.583. The highest BCUT2D eigenvalue weighted by Gasteiger charge is 2.00. The molecule has 0 fully saturated rings. The first-order chi connectivity index (χ1) is 7.22. The summed E-state index contributed by atoms with van der Waals surface area (Å²) in [6, 6.07) is 6.19. The Morgan fingerprint density at radius 1 is 1.40 bits per heavy atom. The van der Waals surface area contributed by atoms with Gasteiger partial charge < -0.3 is 10.2 Å². The largest absolute Gasteiger partial charge is 0.320 e. The first-order valence-electron chi connectivity index (χ1n) is 5.48. The van der Waals surface area contributed by atoms with Crippen LogP contribution in [0.15, 0.2) is 18.2 Å². The molecule has 0 saturated heterocycles. The van der Waals surface area contributed by atoms with Gasteiger partial charge in [-0.15, -0.1) is 0 Å². The molecule has 0 atom stereocenters. The fourth-order valence-corrected chi connectivity index (χ4v) is 1.57. The van der Waals surface area contributed by atoms with Crippen molar-refractivity contribution in [1.82, 2.24) is 15.2 Å². The van der Waals surface area contributed by atoms with E-state index in [2.05, 4.69) is 34.4 Å². The van der Waals surface area contributed by atoms with Crippen molar-refractivity contribution in [3.63, 3.8) is 0 Å². The number of nitrogens with one attached hydrogen (secondary N) is 1. The molecule has 1 aromatic heterocycles. The van der Waals surface area contributed by atoms with Gasteiger partial charge in [-0.1, -0.05) is 6.07 Å². The third-order valence-corrected chi connectivity index (χ3v) is 2.34. The van der Waals surface area contributed by atoms with Gasteiger partial charge in [0, 0.05) is 12.2 Å². The summed E-state index contributed by atoms with van der Waals surface area (Å²) in [6.07, 6.45) is 1.18. The molecule has 1 heterocycles. The molecule has 0 aliphatic rings. The summed E-state index contributed by atoms with van der Waals surface area (Å²) in [5.41, 5.74) is 2.25. The lowest BCUT2D eigenvalue weighted by Gasteiger charge is -2.15. The van der Waals surface area contributed by atoms with Gasteiger partial charge in [0.1, 0.15) is 0 Å². The van der Waals surface area contributed by atoms with E-state index in [4.69, 9.17) is 0 Å². The number of nitrogens with zero attached hydrogens (tertiary/aromatic N) is 2. The van der Waals surface area contributed by atoms with Gasteiger partial charge in [-0.05, 0) is 52.7 Å². The third kappa shape index (κ3) is 4.91. The van der Waals surface area contributed by atoms with Crippen LogP contribution in [0.2, 0.25) is 0 Å². The predicted molar refractivity (Wildman–Crippen MR) is 63.9 cm³/mol. The minimum absolute atomic E-state index is 0.936. The molecule has 15 heavy (non-hydrogen) atoms. The minimum Gasteiger partial charge on any atom is -0.320 e. The molecule has 0 bridgehead atoms. The Kier molecular flexibility index (Phi) is 5.29. The first kappa shape index (κ1) is 12.1. The van der Waals surface area contributed by atoms with Crippen LogP contribution in [-0.4, -0.2) is 37.1 Å². The Hall–Kier alpha value is -0.930. The molecule has 0 spiro atoms. The molecule has 0 amide bonds. The lowest BCUT2D eigenvalue weighted by Crippen LogP contribution is -2.22. The van der Waals surface area contributed by atoms with E-state index in [9.17, 15) is 0 Å². The fourth-order valence-electron chi connectivity index (χ4n) is 1.57. The van der Waals surface area contributed by atoms with Gasteiger partial charge in [-0.2, -0.15) is 0 Å². The third-order valence-electron chi connectivity index (χ3n) is 2.34. The smallest absolute Gasteiger partial charge is 0.0547 e. The molecule has 1 aromatic rings. The monoisotopic (exact) mass is 207 g/mol. The molecule has 0 aliphatic carbocycles. The van der Waals surface area contributed by atoms with Gasteiger partial charge >= 0.3 is 0 Å². The van der Waals surface area contributed by atoms with E-state index in [1.165, 1.54) is 6.42 Å². The van der Waals surface area contributed by atoms with Crippen LogP contribution in [0.5, 0.6) is 0 Å². The second-order valence-corrected chi connectivity index (χ2v) is 3.97. The van der Waals surface area contributed by atoms with Crippen LogP contribution in [0.4, 0.5) is 0 Å². The number of pyridine rings is 1. The summed E-state index contributed by atoms with van der Waals surface area (Å²) in [5.74, 6) is 0. The maximum atomic E-state index is 4.48. The van der Waals surface area contributed by atoms with Crippen LogP contribution < -0.4 is 5.32 Å². The van der Waals surface area contributed by atoms with E-state index in [0.717, 1.165) is 31.0 Å². The van der Waals surface area contributed by atoms with E-state index in [1.807, 2.05) is 20.0 Å². The summed E-state index contributed by atoms with van der Waals surface area (Å²) >= 11 is 0. The number of aromatic nitrogens is 1. The lowest BCUT2D eigenvalue weighted by atomic mass is 10.3. The van der Waals surface area contributed by atoms with Crippen molar-refractivity contribution in [2.75, 3.05) is 27.2 Å². The van der Waals surface area contributed by atoms with Crippen molar-refractivity contribution in [3.05, 3.63) is 29.6 Å². The molecular formula is C12H21N3. The highest BCUT2D eigenvalue weighted by atomic mass is 15.1. The summed E-state index contributed by atoms with van der Waals surface area (Å²) in [7, 11) is 4.13. The summed E-state index contributed by atoms with van der Waals surface area (Å²) in [5, 5.41) is 3.15. The molecule has 1 N–H and O–H groups in total. The number of rotatable bonds is 6. The molecule has 0 saturated carbocycles. The predicted octanol–water partition coefficient (Wildman–Crippen LogP) is 1.43. The first-order valence-corrected chi connectivity index (χ1v) is 5.48. The summed E-state index contributed by atoms with van der Waals surface area (Å²) in [6.45, 7) is 5.15. The van der Waals surface area contributed by atoms with Gasteiger partial charge in [0.25, 0.3) is 0 Å². The van der Waals surface area contributed by atoms with Gasteiger partial charge in [-0.3, -0.25) is 4.98 Å². The van der Waals surface area contributed by atoms with Crippen molar-refractivity contribution in [2.24, 2.45) is 0 Å². The van der Waals surface area contributed by atoms with E-state index in [-0.39, 0.29) is 0 Å². The van der Waals surface area contributed by atoms with Crippen LogP contribution in [0.1, 0.15) is 17.8 Å². The highest BCUT2D eigenvalue weighted by molar-refractivity contribution is 5.09. The number of hydrogen-bond acceptors (Lipinski definition) is 3. The van der Waals surface area contributed by atoms with Crippen molar-refractivity contribution in [3.8, 4) is 0 Å². The zero-order valence-electron chi connectivity index (χ0n) is 9.95. The molecular weight excluding hydrogens is 186 g/mol. The van der Waals surface area contributed by atoms with Crippen molar-refractivity contribution in [1.29, 1.82) is 0 Å². The molecule has 3 heteroatoms. The molecule has 1 rings (SSSR count). The van der Waals surface area contributed by atoms with Gasteiger partial charge in [-0.25, -0.2) is 0 Å². The number of hydrogen-bond donors (Lipinski definition) is 1. The molecule has 0 aliphatic heterocycles. The molecule has 0 unspecified atom stereocenters. The van der Waals surface area contributed by atoms with Crippen molar-refractivity contribution < 1.29 is 0 Å². The van der Waals surface area contributed by atoms with Crippen LogP contribution in [0, 0.1) is 6.92 Å². The minimum atomic E-state index is 0.936. The summed E-state index contributed by atoms with van der Waals surface area (Å²) < 4.78 is 0. The SMILES string of the molecule is CNCCCN(C)Cc1cccc(C)n1. The van der Waals surface area contributed by atoms with Gasteiger partial charge in [0.2, 0.25) is 0 Å². The van der Waals surface area contributed by atoms with Gasteiger partial charge in [0.15, 0.2) is 0 Å². The molecule has 0 radical (unpaired) electrons. The topological polar surface area (TPSA) is 28.2 Å². The second-order valence-electron chi connectivity index (χ2n) is 3.97. The van der Waals surface area contributed by atoms with E-state index in [0.29, 0.717) is 0 Å². The van der Waals surface area contributed by atoms with Crippen LogP contribution in [-0.2, 0) is 6.54 Å². The van der Waals surface area contributed by atoms with E-state index in [1.54, 1.807) is 0 Å². The molecule has 84 valence electrons. The normalized spacial score (nSPS) is 10.9. The average Bonchev–Trinajstić information content (AvgIpc) is 2.18. The highest BCUT2D eigenvalue weighted by Crippen LogP contribution is 2.01. The van der Waals surface area contributed by atoms with Crippen molar-refractivity contribution >= 4 is 0 Å². The van der Waals surface area contributed by atoms with Gasteiger partial charge in [0.05, 0.1) is 5.69 Å². The summed E-state index contributed by atoms with van der Waals surface area (Å²) in [4.78, 5) is 6.79. The van der Waals surface area contributed by atoms with Crippen LogP contribution >= 0.6 is 0 Å². The zero-order valence-corrected chi connectivity index (χ0v) is 9.95. The Labute approximate surface area is 92.5 Å². The molecule has 3 nitrogen and oxygen atoms in total. The molecule has 0 aromatic carbocycles. The maximum absolute atomic E-state index is 4.48. The van der Waals surface area contributed by atoms with Crippen LogP contribution in [0.25, 0.3) is 0 Å². The van der Waals surface area contributed by atoms with Crippen molar-refractivity contribution in [2.45, 2.75) is 19.9 Å². The Morgan fingerprint density at radius 3 is 2.87 bits per heavy atom. The number of aryl methyl sites for hydroxylation is 1.